The zero-order valence-corrected chi connectivity index (χ0v) is 18.9. The van der Waals surface area contributed by atoms with Crippen molar-refractivity contribution in [3.05, 3.63) is 95.9 Å². The third-order valence-electron chi connectivity index (χ3n) is 5.65. The highest BCUT2D eigenvalue weighted by Crippen LogP contribution is 2.24. The van der Waals surface area contributed by atoms with Crippen molar-refractivity contribution in [3.63, 3.8) is 0 Å². The molecule has 0 aliphatic carbocycles. The van der Waals surface area contributed by atoms with E-state index in [0.29, 0.717) is 18.5 Å². The maximum atomic E-state index is 12.7. The predicted octanol–water partition coefficient (Wildman–Crippen LogP) is 5.00. The number of aromatic nitrogens is 2. The minimum Gasteiger partial charge on any atom is -0.338 e. The summed E-state index contributed by atoms with van der Waals surface area (Å²) >= 11 is 1.69. The average Bonchev–Trinajstić information content (AvgIpc) is 3.44. The largest absolute Gasteiger partial charge is 0.338 e. The number of benzene rings is 2. The number of hydrogen-bond donors (Lipinski definition) is 1. The van der Waals surface area contributed by atoms with Crippen LogP contribution < -0.4 is 5.32 Å². The molecule has 1 aliphatic rings. The minimum absolute atomic E-state index is 0.152. The van der Waals surface area contributed by atoms with E-state index in [1.807, 2.05) is 88.4 Å². The van der Waals surface area contributed by atoms with Crippen LogP contribution in [-0.4, -0.2) is 32.6 Å². The molecule has 0 spiro atoms. The van der Waals surface area contributed by atoms with Crippen molar-refractivity contribution in [2.75, 3.05) is 11.9 Å². The lowest BCUT2D eigenvalue weighted by Crippen LogP contribution is -2.23. The summed E-state index contributed by atoms with van der Waals surface area (Å²) in [6, 6.07) is 21.3. The topological polar surface area (TPSA) is 66.7 Å². The molecule has 3 heterocycles. The Labute approximate surface area is 196 Å². The Morgan fingerprint density at radius 3 is 2.73 bits per heavy atom. The van der Waals surface area contributed by atoms with Gasteiger partial charge in [0.2, 0.25) is 5.91 Å². The molecule has 1 saturated heterocycles. The fraction of sp³-hybridized carbons (Fsp3) is 0.192. The van der Waals surface area contributed by atoms with Crippen LogP contribution in [0.3, 0.4) is 0 Å². The van der Waals surface area contributed by atoms with Crippen LogP contribution in [-0.2, 0) is 17.1 Å². The lowest BCUT2D eigenvalue weighted by molar-refractivity contribution is -0.128. The van der Waals surface area contributed by atoms with Gasteiger partial charge in [0.1, 0.15) is 5.65 Å². The number of thioether (sulfide) groups is 1. The van der Waals surface area contributed by atoms with Gasteiger partial charge in [0, 0.05) is 53.8 Å². The van der Waals surface area contributed by atoms with Gasteiger partial charge in [-0.3, -0.25) is 9.59 Å². The molecule has 1 aliphatic heterocycles. The number of hydrogen-bond acceptors (Lipinski definition) is 4. The summed E-state index contributed by atoms with van der Waals surface area (Å²) in [5, 5.41) is 2.96. The number of nitrogens with zero attached hydrogens (tertiary/aromatic N) is 3. The number of amides is 2. The number of anilines is 1. The second-order valence-corrected chi connectivity index (χ2v) is 9.13. The summed E-state index contributed by atoms with van der Waals surface area (Å²) in [4.78, 5) is 32.2. The number of fused-ring (bicyclic) bond motifs is 1. The van der Waals surface area contributed by atoms with Crippen molar-refractivity contribution in [1.82, 2.24) is 14.3 Å². The molecule has 2 amide bonds. The Bertz CT molecular complexity index is 1270. The number of imidazole rings is 1. The number of rotatable bonds is 7. The highest BCUT2D eigenvalue weighted by Gasteiger charge is 2.20. The molecule has 0 radical (unpaired) electrons. The number of nitrogens with one attached hydrogen (secondary N) is 1. The Kier molecular flexibility index (Phi) is 6.13. The normalized spacial score (nSPS) is 13.6. The Morgan fingerprint density at radius 2 is 1.94 bits per heavy atom. The summed E-state index contributed by atoms with van der Waals surface area (Å²) in [7, 11) is 0. The smallest absolute Gasteiger partial charge is 0.255 e. The Morgan fingerprint density at radius 1 is 1.06 bits per heavy atom. The first-order valence-electron chi connectivity index (χ1n) is 11.0. The van der Waals surface area contributed by atoms with Gasteiger partial charge in [0.05, 0.1) is 5.69 Å². The first-order chi connectivity index (χ1) is 16.1. The van der Waals surface area contributed by atoms with Crippen molar-refractivity contribution < 1.29 is 9.59 Å². The van der Waals surface area contributed by atoms with Gasteiger partial charge in [0.25, 0.3) is 5.91 Å². The molecule has 6 nitrogen and oxygen atoms in total. The number of pyridine rings is 1. The maximum Gasteiger partial charge on any atom is 0.255 e. The van der Waals surface area contributed by atoms with Crippen molar-refractivity contribution in [2.24, 2.45) is 0 Å². The summed E-state index contributed by atoms with van der Waals surface area (Å²) in [6.45, 7) is 1.39. The Hall–Kier alpha value is -3.58. The third-order valence-corrected chi connectivity index (χ3v) is 6.69. The van der Waals surface area contributed by atoms with Crippen molar-refractivity contribution in [2.45, 2.75) is 30.0 Å². The molecule has 7 heteroatoms. The van der Waals surface area contributed by atoms with E-state index in [4.69, 9.17) is 0 Å². The van der Waals surface area contributed by atoms with E-state index in [-0.39, 0.29) is 11.8 Å². The van der Waals surface area contributed by atoms with Crippen LogP contribution in [0.2, 0.25) is 0 Å². The van der Waals surface area contributed by atoms with Gasteiger partial charge in [0.15, 0.2) is 0 Å². The van der Waals surface area contributed by atoms with Gasteiger partial charge < -0.3 is 14.6 Å². The minimum atomic E-state index is -0.152. The first kappa shape index (κ1) is 21.3. The van der Waals surface area contributed by atoms with Gasteiger partial charge in [-0.25, -0.2) is 4.98 Å². The molecular weight excluding hydrogens is 432 g/mol. The maximum absolute atomic E-state index is 12.7. The highest BCUT2D eigenvalue weighted by atomic mass is 32.2. The number of carbonyl (C=O) groups excluding carboxylic acids is 2. The van der Waals surface area contributed by atoms with E-state index >= 15 is 0 Å². The standard InChI is InChI=1S/C26H24N4O2S/c31-25-8-4-14-30(25)16-19-5-3-6-21(15-19)28-26(32)20-9-11-23(12-10-20)33-18-22-17-29-13-2-1-7-24(29)27-22/h1-3,5-7,9-13,15,17H,4,8,14,16,18H2,(H,28,32). The monoisotopic (exact) mass is 456 g/mol. The number of carbonyl (C=O) groups is 2. The summed E-state index contributed by atoms with van der Waals surface area (Å²) in [5.41, 5.74) is 4.31. The average molecular weight is 457 g/mol. The molecule has 5 rings (SSSR count). The van der Waals surface area contributed by atoms with Gasteiger partial charge in [-0.1, -0.05) is 18.2 Å². The van der Waals surface area contributed by atoms with Crippen LogP contribution in [0, 0.1) is 0 Å². The van der Waals surface area contributed by atoms with Crippen LogP contribution >= 0.6 is 11.8 Å². The quantitative estimate of drug-likeness (QED) is 0.398. The van der Waals surface area contributed by atoms with Crippen LogP contribution in [0.5, 0.6) is 0 Å². The van der Waals surface area contributed by atoms with E-state index in [9.17, 15) is 9.59 Å². The van der Waals surface area contributed by atoms with Crippen LogP contribution in [0.1, 0.15) is 34.5 Å². The Balaban J connectivity index is 1.18. The van der Waals surface area contributed by atoms with Crippen molar-refractivity contribution >= 4 is 34.9 Å². The zero-order chi connectivity index (χ0) is 22.6. The van der Waals surface area contributed by atoms with Crippen LogP contribution in [0.15, 0.2) is 84.0 Å². The zero-order valence-electron chi connectivity index (χ0n) is 18.1. The molecule has 4 aromatic rings. The second kappa shape index (κ2) is 9.50. The van der Waals surface area contributed by atoms with Gasteiger partial charge in [-0.2, -0.15) is 0 Å². The molecule has 166 valence electrons. The first-order valence-corrected chi connectivity index (χ1v) is 12.0. The third kappa shape index (κ3) is 5.09. The fourth-order valence-electron chi connectivity index (χ4n) is 3.96. The van der Waals surface area contributed by atoms with Crippen LogP contribution in [0.25, 0.3) is 5.65 Å². The van der Waals surface area contributed by atoms with Gasteiger partial charge in [-0.05, 0) is 60.5 Å². The molecule has 0 atom stereocenters. The molecule has 0 saturated carbocycles. The van der Waals surface area contributed by atoms with E-state index < -0.39 is 0 Å². The van der Waals surface area contributed by atoms with E-state index in [1.165, 1.54) is 0 Å². The molecule has 2 aromatic heterocycles. The lowest BCUT2D eigenvalue weighted by atomic mass is 10.1. The fourth-order valence-corrected chi connectivity index (χ4v) is 4.74. The molecule has 2 aromatic carbocycles. The van der Waals surface area contributed by atoms with Crippen LogP contribution in [0.4, 0.5) is 5.69 Å². The number of likely N-dealkylation sites (tertiary alicyclic amines) is 1. The highest BCUT2D eigenvalue weighted by molar-refractivity contribution is 7.98. The summed E-state index contributed by atoms with van der Waals surface area (Å²) in [5.74, 6) is 0.810. The SMILES string of the molecule is O=C(Nc1cccc(CN2CCCC2=O)c1)c1ccc(SCc2cn3ccccc3n2)cc1. The molecule has 1 N–H and O–H groups in total. The van der Waals surface area contributed by atoms with Crippen molar-refractivity contribution in [1.29, 1.82) is 0 Å². The van der Waals surface area contributed by atoms with E-state index in [2.05, 4.69) is 10.3 Å². The van der Waals surface area contributed by atoms with E-state index in [0.717, 1.165) is 46.2 Å². The van der Waals surface area contributed by atoms with Crippen molar-refractivity contribution in [3.8, 4) is 0 Å². The lowest BCUT2D eigenvalue weighted by Gasteiger charge is -2.16. The van der Waals surface area contributed by atoms with Gasteiger partial charge in [-0.15, -0.1) is 11.8 Å². The predicted molar refractivity (Wildman–Crippen MR) is 130 cm³/mol. The molecule has 0 bridgehead atoms. The van der Waals surface area contributed by atoms with Gasteiger partial charge >= 0.3 is 0 Å². The molecular formula is C26H24N4O2S. The summed E-state index contributed by atoms with van der Waals surface area (Å²) < 4.78 is 2.02. The molecule has 0 unspecified atom stereocenters. The molecule has 1 fully saturated rings. The molecule has 33 heavy (non-hydrogen) atoms. The van der Waals surface area contributed by atoms with E-state index in [1.54, 1.807) is 11.8 Å². The second-order valence-electron chi connectivity index (χ2n) is 8.08. The summed E-state index contributed by atoms with van der Waals surface area (Å²) in [6.07, 6.45) is 5.58.